The molecule has 1 aromatic heterocycles. The summed E-state index contributed by atoms with van der Waals surface area (Å²) in [6.45, 7) is 5.67. The van der Waals surface area contributed by atoms with Crippen molar-refractivity contribution in [1.29, 1.82) is 0 Å². The Morgan fingerprint density at radius 1 is 1.19 bits per heavy atom. The number of thiazole rings is 1. The molecular weight excluding hydrogens is 354 g/mol. The molecule has 0 unspecified atom stereocenters. The molecule has 0 atom stereocenters. The number of quaternary nitrogens is 1. The maximum atomic E-state index is 13.0. The lowest BCUT2D eigenvalue weighted by Gasteiger charge is -2.19. The van der Waals surface area contributed by atoms with Gasteiger partial charge in [0.1, 0.15) is 0 Å². The molecule has 0 fully saturated rings. The van der Waals surface area contributed by atoms with E-state index in [0.717, 1.165) is 27.5 Å². The number of likely N-dealkylation sites (N-methyl/N-ethyl adjacent to an activating group) is 1. The highest BCUT2D eigenvalue weighted by Gasteiger charge is 2.19. The molecule has 0 aliphatic rings. The zero-order chi connectivity index (χ0) is 19.4. The second-order valence-electron chi connectivity index (χ2n) is 7.12. The highest BCUT2D eigenvalue weighted by Crippen LogP contribution is 2.32. The van der Waals surface area contributed by atoms with E-state index in [-0.39, 0.29) is 5.91 Å². The smallest absolute Gasteiger partial charge is 0.252 e. The van der Waals surface area contributed by atoms with Crippen LogP contribution >= 0.6 is 11.3 Å². The Kier molecular flexibility index (Phi) is 6.04. The predicted molar refractivity (Wildman–Crippen MR) is 115 cm³/mol. The fraction of sp³-hybridized carbons (Fsp3) is 0.273. The fourth-order valence-corrected chi connectivity index (χ4v) is 3.98. The lowest BCUT2D eigenvalue weighted by molar-refractivity contribution is -0.856. The minimum atomic E-state index is -0.0338. The van der Waals surface area contributed by atoms with Crippen LogP contribution in [0.15, 0.2) is 48.5 Å². The van der Waals surface area contributed by atoms with Gasteiger partial charge < -0.3 is 4.90 Å². The first-order chi connectivity index (χ1) is 12.9. The van der Waals surface area contributed by atoms with Crippen molar-refractivity contribution in [2.24, 2.45) is 0 Å². The summed E-state index contributed by atoms with van der Waals surface area (Å²) in [6, 6.07) is 14.1. The van der Waals surface area contributed by atoms with Crippen LogP contribution in [0.5, 0.6) is 0 Å². The molecule has 1 amide bonds. The van der Waals surface area contributed by atoms with Crippen molar-refractivity contribution in [3.63, 3.8) is 0 Å². The molecule has 0 aliphatic carbocycles. The maximum Gasteiger partial charge on any atom is 0.252 e. The van der Waals surface area contributed by atoms with Crippen LogP contribution in [0.4, 0.5) is 5.13 Å². The van der Waals surface area contributed by atoms with E-state index in [0.29, 0.717) is 6.54 Å². The Balaban J connectivity index is 1.92. The van der Waals surface area contributed by atoms with Gasteiger partial charge in [-0.05, 0) is 42.7 Å². The van der Waals surface area contributed by atoms with Crippen molar-refractivity contribution in [2.75, 3.05) is 32.1 Å². The monoisotopic (exact) mass is 380 g/mol. The van der Waals surface area contributed by atoms with E-state index >= 15 is 0 Å². The number of carbonyl (C=O) groups is 1. The molecule has 0 saturated carbocycles. The van der Waals surface area contributed by atoms with Gasteiger partial charge in [0, 0.05) is 6.08 Å². The van der Waals surface area contributed by atoms with Crippen molar-refractivity contribution in [3.8, 4) is 0 Å². The molecule has 1 N–H and O–H groups in total. The van der Waals surface area contributed by atoms with E-state index in [9.17, 15) is 4.79 Å². The van der Waals surface area contributed by atoms with Crippen molar-refractivity contribution in [3.05, 3.63) is 65.2 Å². The number of nitrogens with zero attached hydrogens (tertiary/aromatic N) is 2. The Labute approximate surface area is 164 Å². The van der Waals surface area contributed by atoms with Crippen molar-refractivity contribution < 1.29 is 9.69 Å². The van der Waals surface area contributed by atoms with Gasteiger partial charge in [-0.3, -0.25) is 9.69 Å². The van der Waals surface area contributed by atoms with E-state index < -0.39 is 0 Å². The molecule has 1 heterocycles. The van der Waals surface area contributed by atoms with Crippen LogP contribution in [0.1, 0.15) is 16.7 Å². The third kappa shape index (κ3) is 4.81. The van der Waals surface area contributed by atoms with Gasteiger partial charge >= 0.3 is 0 Å². The molecule has 2 aromatic carbocycles. The van der Waals surface area contributed by atoms with Gasteiger partial charge in [-0.1, -0.05) is 47.7 Å². The quantitative estimate of drug-likeness (QED) is 0.667. The molecule has 4 nitrogen and oxygen atoms in total. The molecule has 3 aromatic rings. The largest absolute Gasteiger partial charge is 0.338 e. The number of amides is 1. The summed E-state index contributed by atoms with van der Waals surface area (Å²) >= 11 is 1.59. The highest BCUT2D eigenvalue weighted by molar-refractivity contribution is 7.22. The van der Waals surface area contributed by atoms with Gasteiger partial charge in [0.2, 0.25) is 0 Å². The lowest BCUT2D eigenvalue weighted by Crippen LogP contribution is -3.06. The summed E-state index contributed by atoms with van der Waals surface area (Å²) in [5.74, 6) is -0.0338. The van der Waals surface area contributed by atoms with E-state index in [1.54, 1.807) is 22.3 Å². The number of benzene rings is 2. The van der Waals surface area contributed by atoms with Gasteiger partial charge in [0.05, 0.1) is 37.4 Å². The standard InChI is InChI=1S/C22H25N3OS/c1-16-14-17(2)21-19(15-16)23-22(27-21)25(13-12-24(3)4)20(26)11-10-18-8-6-5-7-9-18/h5-11,14-15H,12-13H2,1-4H3/p+1/b11-10+. The Morgan fingerprint density at radius 3 is 2.63 bits per heavy atom. The van der Waals surface area contributed by atoms with Crippen LogP contribution in [0.25, 0.3) is 16.3 Å². The number of carbonyl (C=O) groups excluding carboxylic acids is 1. The zero-order valence-corrected chi connectivity index (χ0v) is 17.1. The van der Waals surface area contributed by atoms with Gasteiger partial charge in [-0.2, -0.15) is 0 Å². The van der Waals surface area contributed by atoms with E-state index in [1.165, 1.54) is 16.0 Å². The number of aromatic nitrogens is 1. The van der Waals surface area contributed by atoms with Gasteiger partial charge in [-0.25, -0.2) is 4.98 Å². The number of nitrogens with one attached hydrogen (secondary N) is 1. The van der Waals surface area contributed by atoms with Crippen LogP contribution in [0.3, 0.4) is 0 Å². The van der Waals surface area contributed by atoms with Gasteiger partial charge in [-0.15, -0.1) is 0 Å². The van der Waals surface area contributed by atoms with Gasteiger partial charge in [0.25, 0.3) is 5.91 Å². The summed E-state index contributed by atoms with van der Waals surface area (Å²) < 4.78 is 1.15. The first-order valence-electron chi connectivity index (χ1n) is 9.15. The second-order valence-corrected chi connectivity index (χ2v) is 8.10. The molecule has 27 heavy (non-hydrogen) atoms. The predicted octanol–water partition coefficient (Wildman–Crippen LogP) is 3.10. The van der Waals surface area contributed by atoms with E-state index in [4.69, 9.17) is 4.98 Å². The lowest BCUT2D eigenvalue weighted by atomic mass is 10.1. The molecule has 140 valence electrons. The summed E-state index contributed by atoms with van der Waals surface area (Å²) in [6.07, 6.45) is 3.51. The van der Waals surface area contributed by atoms with Gasteiger partial charge in [0.15, 0.2) is 5.13 Å². The van der Waals surface area contributed by atoms with Crippen LogP contribution in [-0.4, -0.2) is 38.1 Å². The van der Waals surface area contributed by atoms with E-state index in [2.05, 4.69) is 40.1 Å². The maximum absolute atomic E-state index is 13.0. The topological polar surface area (TPSA) is 37.6 Å². The number of hydrogen-bond acceptors (Lipinski definition) is 3. The minimum absolute atomic E-state index is 0.0338. The number of hydrogen-bond donors (Lipinski definition) is 1. The summed E-state index contributed by atoms with van der Waals surface area (Å²) in [7, 11) is 4.18. The summed E-state index contributed by atoms with van der Waals surface area (Å²) in [5, 5.41) is 0.766. The van der Waals surface area contributed by atoms with Crippen LogP contribution in [0, 0.1) is 13.8 Å². The molecule has 0 aliphatic heterocycles. The first kappa shape index (κ1) is 19.3. The normalized spacial score (nSPS) is 11.6. The molecule has 0 saturated heterocycles. The molecule has 0 spiro atoms. The number of aryl methyl sites for hydroxylation is 2. The fourth-order valence-electron chi connectivity index (χ4n) is 2.94. The first-order valence-corrected chi connectivity index (χ1v) is 9.97. The molecule has 0 bridgehead atoms. The highest BCUT2D eigenvalue weighted by atomic mass is 32.1. The minimum Gasteiger partial charge on any atom is -0.338 e. The molecule has 0 radical (unpaired) electrons. The average molecular weight is 381 g/mol. The summed E-state index contributed by atoms with van der Waals surface area (Å²) in [4.78, 5) is 20.8. The third-order valence-electron chi connectivity index (χ3n) is 4.36. The molecule has 3 rings (SSSR count). The Hall–Kier alpha value is -2.50. The van der Waals surface area contributed by atoms with Crippen molar-refractivity contribution in [1.82, 2.24) is 4.98 Å². The zero-order valence-electron chi connectivity index (χ0n) is 16.3. The number of rotatable bonds is 6. The third-order valence-corrected chi connectivity index (χ3v) is 5.59. The Bertz CT molecular complexity index is 960. The molecule has 5 heteroatoms. The van der Waals surface area contributed by atoms with Crippen molar-refractivity contribution in [2.45, 2.75) is 13.8 Å². The van der Waals surface area contributed by atoms with Crippen LogP contribution < -0.4 is 9.80 Å². The average Bonchev–Trinajstić information content (AvgIpc) is 3.04. The Morgan fingerprint density at radius 2 is 1.93 bits per heavy atom. The molecular formula is C22H26N3OS+. The van der Waals surface area contributed by atoms with Crippen LogP contribution in [0.2, 0.25) is 0 Å². The number of anilines is 1. The second kappa shape index (κ2) is 8.46. The number of fused-ring (bicyclic) bond motifs is 1. The SMILES string of the molecule is Cc1cc(C)c2sc(N(CC[NH+](C)C)C(=O)/C=C/c3ccccc3)nc2c1. The van der Waals surface area contributed by atoms with Crippen molar-refractivity contribution >= 4 is 38.7 Å². The van der Waals surface area contributed by atoms with E-state index in [1.807, 2.05) is 36.4 Å². The van der Waals surface area contributed by atoms with Crippen LogP contribution in [-0.2, 0) is 4.79 Å². The summed E-state index contributed by atoms with van der Waals surface area (Å²) in [5.41, 5.74) is 4.38.